The second kappa shape index (κ2) is 17.1. The van der Waals surface area contributed by atoms with Crippen LogP contribution in [0.15, 0.2) is 11.6 Å². The zero-order chi connectivity index (χ0) is 48.7. The van der Waals surface area contributed by atoms with Crippen molar-refractivity contribution in [3.63, 3.8) is 0 Å². The van der Waals surface area contributed by atoms with Crippen molar-refractivity contribution in [2.45, 2.75) is 197 Å². The zero-order valence-electron chi connectivity index (χ0n) is 39.0. The highest BCUT2D eigenvalue weighted by molar-refractivity contribution is 5.82. The van der Waals surface area contributed by atoms with E-state index in [1.54, 1.807) is 0 Å². The summed E-state index contributed by atoms with van der Waals surface area (Å²) in [5.41, 5.74) is -2.16. The second-order valence-electron chi connectivity index (χ2n) is 23.1. The number of ether oxygens (including phenoxy) is 7. The molecule has 5 aliphatic carbocycles. The summed E-state index contributed by atoms with van der Waals surface area (Å²) in [5.74, 6) is -1.87. The van der Waals surface area contributed by atoms with Crippen LogP contribution in [0.1, 0.15) is 92.9 Å². The summed E-state index contributed by atoms with van der Waals surface area (Å²) >= 11 is 0. The van der Waals surface area contributed by atoms with Crippen LogP contribution in [0.3, 0.4) is 0 Å². The Kier molecular flexibility index (Phi) is 12.8. The van der Waals surface area contributed by atoms with Gasteiger partial charge in [-0.05, 0) is 78.9 Å². The number of carbonyl (C=O) groups is 2. The van der Waals surface area contributed by atoms with Gasteiger partial charge in [0, 0.05) is 17.3 Å². The van der Waals surface area contributed by atoms with E-state index in [4.69, 9.17) is 33.2 Å². The Balaban J connectivity index is 0.991. The van der Waals surface area contributed by atoms with E-state index in [0.29, 0.717) is 25.7 Å². The molecular formula is C47H72O20. The Labute approximate surface area is 389 Å². The maximum atomic E-state index is 14.0. The van der Waals surface area contributed by atoms with Crippen LogP contribution < -0.4 is 0 Å². The number of carbonyl (C=O) groups excluding carboxylic acids is 1. The first-order chi connectivity index (χ1) is 31.3. The van der Waals surface area contributed by atoms with Crippen LogP contribution in [0.2, 0.25) is 0 Å². The van der Waals surface area contributed by atoms with Crippen LogP contribution in [0, 0.1) is 50.2 Å². The number of aliphatic hydroxyl groups excluding tert-OH is 10. The Morgan fingerprint density at radius 1 is 0.746 bits per heavy atom. The van der Waals surface area contributed by atoms with Gasteiger partial charge in [-0.3, -0.25) is 4.79 Å². The van der Waals surface area contributed by atoms with Gasteiger partial charge in [0.1, 0.15) is 67.1 Å². The molecule has 9 aliphatic rings. The summed E-state index contributed by atoms with van der Waals surface area (Å²) in [6, 6.07) is 0. The highest BCUT2D eigenvalue weighted by atomic mass is 16.8. The number of esters is 1. The van der Waals surface area contributed by atoms with Crippen LogP contribution in [0.25, 0.3) is 0 Å². The van der Waals surface area contributed by atoms with Gasteiger partial charge >= 0.3 is 11.9 Å². The number of fused-ring (bicyclic) bond motifs is 8. The minimum absolute atomic E-state index is 0.0256. The fourth-order valence-corrected chi connectivity index (χ4v) is 15.3. The maximum absolute atomic E-state index is 14.0. The molecule has 0 aromatic rings. The van der Waals surface area contributed by atoms with E-state index in [0.717, 1.165) is 19.3 Å². The molecular weight excluding hydrogens is 884 g/mol. The van der Waals surface area contributed by atoms with E-state index in [9.17, 15) is 65.8 Å². The minimum atomic E-state index is -2.06. The molecule has 0 unspecified atom stereocenters. The van der Waals surface area contributed by atoms with E-state index >= 15 is 0 Å². The Morgan fingerprint density at radius 2 is 1.40 bits per heavy atom. The Hall–Kier alpha value is -1.96. The predicted octanol–water partition coefficient (Wildman–Crippen LogP) is -1.17. The second-order valence-corrected chi connectivity index (χ2v) is 23.1. The minimum Gasteiger partial charge on any atom is -0.479 e. The monoisotopic (exact) mass is 956 g/mol. The third-order valence-electron chi connectivity index (χ3n) is 19.6. The van der Waals surface area contributed by atoms with Crippen molar-refractivity contribution >= 4 is 11.9 Å². The molecule has 4 saturated heterocycles. The summed E-state index contributed by atoms with van der Waals surface area (Å²) < 4.78 is 42.3. The lowest BCUT2D eigenvalue weighted by atomic mass is 9.33. The fraction of sp³-hybridized carbons (Fsp3) is 0.915. The Morgan fingerprint density at radius 3 is 2.06 bits per heavy atom. The first-order valence-corrected chi connectivity index (χ1v) is 24.0. The topological polar surface area (TPSA) is 321 Å². The lowest BCUT2D eigenvalue weighted by molar-refractivity contribution is -0.392. The van der Waals surface area contributed by atoms with Gasteiger partial charge < -0.3 is 89.3 Å². The van der Waals surface area contributed by atoms with Crippen molar-refractivity contribution in [2.24, 2.45) is 50.2 Å². The molecule has 1 spiro atoms. The van der Waals surface area contributed by atoms with E-state index < -0.39 is 139 Å². The van der Waals surface area contributed by atoms with Crippen molar-refractivity contribution in [2.75, 3.05) is 19.8 Å². The van der Waals surface area contributed by atoms with Gasteiger partial charge in [0.2, 0.25) is 0 Å². The Bertz CT molecular complexity index is 1930. The molecule has 0 aromatic carbocycles. The van der Waals surface area contributed by atoms with Crippen LogP contribution in [0.4, 0.5) is 0 Å². The molecule has 11 N–H and O–H groups in total. The van der Waals surface area contributed by atoms with Crippen LogP contribution in [-0.2, 0) is 42.7 Å². The molecule has 20 nitrogen and oxygen atoms in total. The molecule has 4 saturated carbocycles. The quantitative estimate of drug-likeness (QED) is 0.0737. The average molecular weight is 957 g/mol. The number of hydrogen-bond acceptors (Lipinski definition) is 19. The lowest BCUT2D eigenvalue weighted by Crippen LogP contribution is -2.68. The third kappa shape index (κ3) is 7.20. The van der Waals surface area contributed by atoms with Crippen LogP contribution in [-0.4, -0.2) is 192 Å². The van der Waals surface area contributed by atoms with Crippen molar-refractivity contribution < 1.29 is 98.9 Å². The molecule has 67 heavy (non-hydrogen) atoms. The molecule has 0 radical (unpaired) electrons. The molecule has 4 aliphatic heterocycles. The number of aliphatic carboxylic acids is 1. The van der Waals surface area contributed by atoms with Gasteiger partial charge in [-0.15, -0.1) is 0 Å². The van der Waals surface area contributed by atoms with Gasteiger partial charge in [-0.25, -0.2) is 4.79 Å². The molecule has 25 atom stereocenters. The molecule has 8 fully saturated rings. The normalized spacial score (nSPS) is 55.8. The average Bonchev–Trinajstić information content (AvgIpc) is 3.57. The van der Waals surface area contributed by atoms with Crippen molar-refractivity contribution in [1.82, 2.24) is 0 Å². The van der Waals surface area contributed by atoms with E-state index in [1.807, 2.05) is 6.92 Å². The van der Waals surface area contributed by atoms with Crippen molar-refractivity contribution in [1.29, 1.82) is 0 Å². The number of allylic oxidation sites excluding steroid dienone is 1. The lowest BCUT2D eigenvalue weighted by Gasteiger charge is -2.71. The number of carboxylic acid groups (broad SMARTS) is 1. The van der Waals surface area contributed by atoms with Crippen molar-refractivity contribution in [3.05, 3.63) is 11.6 Å². The maximum Gasteiger partial charge on any atom is 0.335 e. The highest BCUT2D eigenvalue weighted by Gasteiger charge is 2.76. The molecule has 0 aromatic heterocycles. The van der Waals surface area contributed by atoms with Gasteiger partial charge in [0.05, 0.1) is 37.4 Å². The summed E-state index contributed by atoms with van der Waals surface area (Å²) in [4.78, 5) is 26.5. The van der Waals surface area contributed by atoms with Crippen LogP contribution in [0.5, 0.6) is 0 Å². The summed E-state index contributed by atoms with van der Waals surface area (Å²) in [5, 5.41) is 118. The first-order valence-electron chi connectivity index (χ1n) is 24.0. The number of hydrogen-bond donors (Lipinski definition) is 11. The molecule has 20 heteroatoms. The van der Waals surface area contributed by atoms with Gasteiger partial charge in [-0.2, -0.15) is 0 Å². The van der Waals surface area contributed by atoms with E-state index in [1.165, 1.54) is 5.57 Å². The number of carboxylic acids is 1. The largest absolute Gasteiger partial charge is 0.479 e. The fourth-order valence-electron chi connectivity index (χ4n) is 15.3. The standard InChI is InChI=1S/C47H72O20/c1-42(2)23-9-12-45(5)24(8-7-19-20-13-43(3,18-49)25(51)14-47(20)15-27(46(19,45)6)64-41(47)60)44(23,4)11-10-26(42)63-40-36(32(56)31(55)34(65-40)37(58)59)67-39-35(30(54)29(53)22(16-48)62-39)66-38-33(57)28(52)21(50)17-61-38/h7,20-36,38-40,48-57H,8-18H2,1-6H3,(H,58,59)/t20-,21+,22+,23-,24+,25-,26-,27+,28-,29+,30-,31-,32-,33+,34-,35+,36+,38-,39-,40+,43-,44-,45+,46-,47-/m0/s1. The van der Waals surface area contributed by atoms with Crippen molar-refractivity contribution in [3.8, 4) is 0 Å². The highest BCUT2D eigenvalue weighted by Crippen LogP contribution is 2.77. The smallest absolute Gasteiger partial charge is 0.335 e. The first kappa shape index (κ1) is 50.0. The summed E-state index contributed by atoms with van der Waals surface area (Å²) in [6.07, 6.45) is -19.8. The molecule has 9 rings (SSSR count). The van der Waals surface area contributed by atoms with Gasteiger partial charge in [0.15, 0.2) is 25.0 Å². The van der Waals surface area contributed by atoms with E-state index in [-0.39, 0.29) is 53.7 Å². The summed E-state index contributed by atoms with van der Waals surface area (Å²) in [7, 11) is 0. The van der Waals surface area contributed by atoms with Crippen LogP contribution >= 0.6 is 0 Å². The SMILES string of the molecule is CC1(C)[C@@H](O[C@@H]2O[C@H](C(=O)O)[C@@H](O)[C@H](O)[C@H]2O[C@@H]2O[C@H](CO)[C@@H](O)[C@H](O)[C@H]2O[C@@H]2OC[C@@H](O)[C@H](O)[C@H]2O)CC[C@]2(C)[C@H]3CC=C4[C@@H]5C[C@@](C)(CO)[C@@H](O)C[C@]56C[C@@H](OC6=O)[C@@]4(C)[C@]3(C)CC[C@@H]12. The van der Waals surface area contributed by atoms with Gasteiger partial charge in [0.25, 0.3) is 0 Å². The third-order valence-corrected chi connectivity index (χ3v) is 19.6. The zero-order valence-corrected chi connectivity index (χ0v) is 39.0. The molecule has 2 bridgehead atoms. The van der Waals surface area contributed by atoms with E-state index in [2.05, 4.69) is 40.7 Å². The predicted molar refractivity (Wildman–Crippen MR) is 226 cm³/mol. The number of aliphatic hydroxyl groups is 10. The summed E-state index contributed by atoms with van der Waals surface area (Å²) in [6.45, 7) is 11.5. The van der Waals surface area contributed by atoms with Gasteiger partial charge in [-0.1, -0.05) is 53.2 Å². The molecule has 380 valence electrons. The number of rotatable bonds is 9. The molecule has 0 amide bonds. The molecule has 4 heterocycles.